The zero-order chi connectivity index (χ0) is 13.7. The SMILES string of the molecule is CNC(=O)CCN(C)C(=O)c1cc(Cl)cc(Cl)c1. The minimum Gasteiger partial charge on any atom is -0.359 e. The summed E-state index contributed by atoms with van der Waals surface area (Å²) in [5, 5.41) is 3.31. The molecule has 0 spiro atoms. The summed E-state index contributed by atoms with van der Waals surface area (Å²) in [5.41, 5.74) is 0.409. The predicted octanol–water partition coefficient (Wildman–Crippen LogP) is 2.20. The molecule has 0 unspecified atom stereocenters. The van der Waals surface area contributed by atoms with Crippen LogP contribution in [0, 0.1) is 0 Å². The number of hydrogen-bond acceptors (Lipinski definition) is 2. The summed E-state index contributed by atoms with van der Waals surface area (Å²) >= 11 is 11.7. The van der Waals surface area contributed by atoms with E-state index in [1.807, 2.05) is 0 Å². The fraction of sp³-hybridized carbons (Fsp3) is 0.333. The average Bonchev–Trinajstić information content (AvgIpc) is 2.33. The highest BCUT2D eigenvalue weighted by atomic mass is 35.5. The summed E-state index contributed by atoms with van der Waals surface area (Å²) < 4.78 is 0. The van der Waals surface area contributed by atoms with Crippen LogP contribution in [-0.2, 0) is 4.79 Å². The number of carbonyl (C=O) groups is 2. The Labute approximate surface area is 116 Å². The molecule has 0 aliphatic rings. The van der Waals surface area contributed by atoms with E-state index >= 15 is 0 Å². The van der Waals surface area contributed by atoms with Crippen LogP contribution in [0.25, 0.3) is 0 Å². The van der Waals surface area contributed by atoms with E-state index in [2.05, 4.69) is 5.32 Å². The van der Waals surface area contributed by atoms with Crippen molar-refractivity contribution in [3.63, 3.8) is 0 Å². The lowest BCUT2D eigenvalue weighted by Gasteiger charge is -2.17. The summed E-state index contributed by atoms with van der Waals surface area (Å²) in [4.78, 5) is 24.6. The molecule has 6 heteroatoms. The van der Waals surface area contributed by atoms with Crippen LogP contribution in [0.4, 0.5) is 0 Å². The van der Waals surface area contributed by atoms with E-state index in [4.69, 9.17) is 23.2 Å². The molecule has 0 radical (unpaired) electrons. The van der Waals surface area contributed by atoms with Crippen molar-refractivity contribution < 1.29 is 9.59 Å². The van der Waals surface area contributed by atoms with Crippen LogP contribution in [0.2, 0.25) is 10.0 Å². The Balaban J connectivity index is 2.71. The van der Waals surface area contributed by atoms with Gasteiger partial charge in [0.1, 0.15) is 0 Å². The van der Waals surface area contributed by atoms with Crippen LogP contribution in [0.3, 0.4) is 0 Å². The summed E-state index contributed by atoms with van der Waals surface area (Å²) in [5.74, 6) is -0.331. The van der Waals surface area contributed by atoms with E-state index in [0.29, 0.717) is 22.2 Å². The van der Waals surface area contributed by atoms with Gasteiger partial charge >= 0.3 is 0 Å². The molecule has 1 aromatic carbocycles. The average molecular weight is 289 g/mol. The van der Waals surface area contributed by atoms with Crippen molar-refractivity contribution in [1.29, 1.82) is 0 Å². The van der Waals surface area contributed by atoms with E-state index in [-0.39, 0.29) is 18.2 Å². The molecule has 0 fully saturated rings. The standard InChI is InChI=1S/C12H14Cl2N2O2/c1-15-11(17)3-4-16(2)12(18)8-5-9(13)7-10(14)6-8/h5-7H,3-4H2,1-2H3,(H,15,17). The molecular weight excluding hydrogens is 275 g/mol. The highest BCUT2D eigenvalue weighted by Crippen LogP contribution is 2.19. The predicted molar refractivity (Wildman–Crippen MR) is 72.1 cm³/mol. The number of nitrogens with zero attached hydrogens (tertiary/aromatic N) is 1. The molecule has 0 aliphatic carbocycles. The molecule has 0 aromatic heterocycles. The Morgan fingerprint density at radius 3 is 2.28 bits per heavy atom. The van der Waals surface area contributed by atoms with E-state index in [1.165, 1.54) is 4.90 Å². The molecule has 1 N–H and O–H groups in total. The summed E-state index contributed by atoms with van der Waals surface area (Å²) in [6.07, 6.45) is 0.257. The van der Waals surface area contributed by atoms with Gasteiger partial charge in [0.2, 0.25) is 5.91 Å². The fourth-order valence-electron chi connectivity index (χ4n) is 1.39. The first-order chi connectivity index (χ1) is 8.43. The molecule has 0 saturated carbocycles. The monoisotopic (exact) mass is 288 g/mol. The Morgan fingerprint density at radius 2 is 1.78 bits per heavy atom. The first-order valence-corrected chi connectivity index (χ1v) is 6.11. The Morgan fingerprint density at radius 1 is 1.22 bits per heavy atom. The van der Waals surface area contributed by atoms with E-state index < -0.39 is 0 Å². The second kappa shape index (κ2) is 6.61. The third-order valence-corrected chi connectivity index (χ3v) is 2.85. The molecule has 0 aliphatic heterocycles. The molecule has 1 rings (SSSR count). The van der Waals surface area contributed by atoms with Crippen molar-refractivity contribution in [1.82, 2.24) is 10.2 Å². The van der Waals surface area contributed by atoms with Gasteiger partial charge < -0.3 is 10.2 Å². The summed E-state index contributed by atoms with van der Waals surface area (Å²) in [6, 6.07) is 4.66. The maximum atomic E-state index is 12.0. The Kier molecular flexibility index (Phi) is 5.44. The fourth-order valence-corrected chi connectivity index (χ4v) is 1.92. The lowest BCUT2D eigenvalue weighted by Crippen LogP contribution is -2.31. The molecular formula is C12H14Cl2N2O2. The molecule has 0 bridgehead atoms. The highest BCUT2D eigenvalue weighted by Gasteiger charge is 2.13. The lowest BCUT2D eigenvalue weighted by atomic mass is 10.2. The molecule has 1 aromatic rings. The Bertz CT molecular complexity index is 443. The van der Waals surface area contributed by atoms with Gasteiger partial charge in [-0.2, -0.15) is 0 Å². The number of halogens is 2. The van der Waals surface area contributed by atoms with E-state index in [0.717, 1.165) is 0 Å². The molecule has 0 atom stereocenters. The molecule has 0 heterocycles. The normalized spacial score (nSPS) is 10.0. The van der Waals surface area contributed by atoms with Crippen molar-refractivity contribution >= 4 is 35.0 Å². The van der Waals surface area contributed by atoms with Gasteiger partial charge in [0, 0.05) is 42.7 Å². The lowest BCUT2D eigenvalue weighted by molar-refractivity contribution is -0.120. The van der Waals surface area contributed by atoms with Crippen molar-refractivity contribution in [3.8, 4) is 0 Å². The second-order valence-electron chi connectivity index (χ2n) is 3.81. The number of benzene rings is 1. The number of rotatable bonds is 4. The zero-order valence-corrected chi connectivity index (χ0v) is 11.7. The van der Waals surface area contributed by atoms with Gasteiger partial charge in [-0.05, 0) is 18.2 Å². The molecule has 2 amide bonds. The number of carbonyl (C=O) groups excluding carboxylic acids is 2. The summed E-state index contributed by atoms with van der Waals surface area (Å²) in [6.45, 7) is 0.336. The van der Waals surface area contributed by atoms with E-state index in [1.54, 1.807) is 32.3 Å². The van der Waals surface area contributed by atoms with Gasteiger partial charge in [0.15, 0.2) is 0 Å². The van der Waals surface area contributed by atoms with Gasteiger partial charge in [0.05, 0.1) is 0 Å². The van der Waals surface area contributed by atoms with Crippen LogP contribution in [0.1, 0.15) is 16.8 Å². The van der Waals surface area contributed by atoms with Gasteiger partial charge in [-0.1, -0.05) is 23.2 Å². The van der Waals surface area contributed by atoms with Gasteiger partial charge in [-0.25, -0.2) is 0 Å². The van der Waals surface area contributed by atoms with Crippen LogP contribution in [0.15, 0.2) is 18.2 Å². The quantitative estimate of drug-likeness (QED) is 0.923. The second-order valence-corrected chi connectivity index (χ2v) is 4.68. The van der Waals surface area contributed by atoms with Crippen molar-refractivity contribution in [3.05, 3.63) is 33.8 Å². The molecule has 0 saturated heterocycles. The van der Waals surface area contributed by atoms with Crippen molar-refractivity contribution in [2.24, 2.45) is 0 Å². The number of hydrogen-bond donors (Lipinski definition) is 1. The first kappa shape index (κ1) is 14.8. The maximum absolute atomic E-state index is 12.0. The highest BCUT2D eigenvalue weighted by molar-refractivity contribution is 6.35. The zero-order valence-electron chi connectivity index (χ0n) is 10.2. The smallest absolute Gasteiger partial charge is 0.253 e. The first-order valence-electron chi connectivity index (χ1n) is 5.36. The third-order valence-electron chi connectivity index (χ3n) is 2.41. The topological polar surface area (TPSA) is 49.4 Å². The molecule has 4 nitrogen and oxygen atoms in total. The van der Waals surface area contributed by atoms with Gasteiger partial charge in [-0.3, -0.25) is 9.59 Å². The number of amides is 2. The molecule has 18 heavy (non-hydrogen) atoms. The maximum Gasteiger partial charge on any atom is 0.253 e. The largest absolute Gasteiger partial charge is 0.359 e. The van der Waals surface area contributed by atoms with Gasteiger partial charge in [0.25, 0.3) is 5.91 Å². The minimum atomic E-state index is -0.219. The minimum absolute atomic E-state index is 0.112. The van der Waals surface area contributed by atoms with E-state index in [9.17, 15) is 9.59 Å². The van der Waals surface area contributed by atoms with Crippen LogP contribution >= 0.6 is 23.2 Å². The van der Waals surface area contributed by atoms with Crippen molar-refractivity contribution in [2.75, 3.05) is 20.6 Å². The van der Waals surface area contributed by atoms with Crippen LogP contribution < -0.4 is 5.32 Å². The summed E-state index contributed by atoms with van der Waals surface area (Å²) in [7, 11) is 3.18. The number of nitrogens with one attached hydrogen (secondary N) is 1. The third kappa shape index (κ3) is 4.20. The van der Waals surface area contributed by atoms with Crippen LogP contribution in [0.5, 0.6) is 0 Å². The molecule has 98 valence electrons. The Hall–Kier alpha value is -1.26. The van der Waals surface area contributed by atoms with Crippen molar-refractivity contribution in [2.45, 2.75) is 6.42 Å². The van der Waals surface area contributed by atoms with Gasteiger partial charge in [-0.15, -0.1) is 0 Å². The van der Waals surface area contributed by atoms with Crippen LogP contribution in [-0.4, -0.2) is 37.4 Å².